The smallest absolute Gasteiger partial charge is 0.236 e. The van der Waals surface area contributed by atoms with Gasteiger partial charge in [-0.3, -0.25) is 14.6 Å². The molecular weight excluding hydrogens is 282 g/mol. The van der Waals surface area contributed by atoms with E-state index < -0.39 is 0 Å². The van der Waals surface area contributed by atoms with Gasteiger partial charge in [0.05, 0.1) is 25.5 Å². The Labute approximate surface area is 131 Å². The largest absolute Gasteiger partial charge is 0.468 e. The number of piperidine rings is 1. The van der Waals surface area contributed by atoms with Crippen LogP contribution >= 0.6 is 0 Å². The number of piperazine rings is 1. The minimum Gasteiger partial charge on any atom is -0.468 e. The summed E-state index contributed by atoms with van der Waals surface area (Å²) in [5.41, 5.74) is 0. The summed E-state index contributed by atoms with van der Waals surface area (Å²) in [4.78, 5) is 18.8. The van der Waals surface area contributed by atoms with E-state index in [1.807, 2.05) is 17.0 Å². The average Bonchev–Trinajstić information content (AvgIpc) is 3.03. The average molecular weight is 307 g/mol. The molecule has 0 unspecified atom stereocenters. The number of carbonyl (C=O) groups excluding carboxylic acids is 1. The molecule has 22 heavy (non-hydrogen) atoms. The number of hydrogen-bond donors (Lipinski definition) is 1. The van der Waals surface area contributed by atoms with Crippen molar-refractivity contribution in [3.05, 3.63) is 24.2 Å². The van der Waals surface area contributed by atoms with Crippen molar-refractivity contribution in [2.75, 3.05) is 45.8 Å². The van der Waals surface area contributed by atoms with Gasteiger partial charge in [0.2, 0.25) is 5.91 Å². The molecule has 2 aliphatic rings. The Bertz CT molecular complexity index is 461. The van der Waals surface area contributed by atoms with Gasteiger partial charge in [-0.2, -0.15) is 0 Å². The van der Waals surface area contributed by atoms with E-state index in [1.165, 1.54) is 0 Å². The van der Waals surface area contributed by atoms with E-state index in [4.69, 9.17) is 4.42 Å². The Kier molecular flexibility index (Phi) is 5.12. The number of carbonyl (C=O) groups is 1. The fourth-order valence-corrected chi connectivity index (χ4v) is 3.15. The Hall–Kier alpha value is -1.37. The zero-order valence-corrected chi connectivity index (χ0v) is 13.0. The summed E-state index contributed by atoms with van der Waals surface area (Å²) < 4.78 is 5.37. The van der Waals surface area contributed by atoms with Gasteiger partial charge in [-0.05, 0) is 25.0 Å². The molecule has 0 aliphatic carbocycles. The molecule has 1 aromatic rings. The number of rotatable bonds is 4. The summed E-state index contributed by atoms with van der Waals surface area (Å²) in [7, 11) is 0. The number of nitrogens with zero attached hydrogens (tertiary/aromatic N) is 3. The Morgan fingerprint density at radius 3 is 2.50 bits per heavy atom. The number of furan rings is 1. The van der Waals surface area contributed by atoms with Crippen LogP contribution in [0.2, 0.25) is 0 Å². The molecule has 0 aromatic carbocycles. The van der Waals surface area contributed by atoms with Crippen LogP contribution < -0.4 is 0 Å². The molecule has 122 valence electrons. The second kappa shape index (κ2) is 7.26. The van der Waals surface area contributed by atoms with Crippen LogP contribution in [0.15, 0.2) is 22.8 Å². The molecule has 2 aliphatic heterocycles. The van der Waals surface area contributed by atoms with Gasteiger partial charge >= 0.3 is 0 Å². The predicted octanol–water partition coefficient (Wildman–Crippen LogP) is 0.381. The fourth-order valence-electron chi connectivity index (χ4n) is 3.15. The zero-order valence-electron chi connectivity index (χ0n) is 13.0. The van der Waals surface area contributed by atoms with Crippen molar-refractivity contribution in [3.63, 3.8) is 0 Å². The summed E-state index contributed by atoms with van der Waals surface area (Å²) in [6.45, 7) is 6.32. The number of likely N-dealkylation sites (tertiary alicyclic amines) is 1. The summed E-state index contributed by atoms with van der Waals surface area (Å²) in [5, 5.41) is 9.51. The van der Waals surface area contributed by atoms with Crippen LogP contribution in [0.1, 0.15) is 18.6 Å². The van der Waals surface area contributed by atoms with E-state index in [-0.39, 0.29) is 12.0 Å². The molecule has 2 fully saturated rings. The topological polar surface area (TPSA) is 60.2 Å². The lowest BCUT2D eigenvalue weighted by molar-refractivity contribution is -0.134. The van der Waals surface area contributed by atoms with Crippen LogP contribution in [0.4, 0.5) is 0 Å². The van der Waals surface area contributed by atoms with E-state index >= 15 is 0 Å². The highest BCUT2D eigenvalue weighted by atomic mass is 16.3. The maximum atomic E-state index is 12.4. The lowest BCUT2D eigenvalue weighted by atomic mass is 10.1. The molecule has 1 N–H and O–H groups in total. The second-order valence-corrected chi connectivity index (χ2v) is 6.24. The van der Waals surface area contributed by atoms with Crippen LogP contribution in [-0.2, 0) is 11.3 Å². The standard InChI is InChI=1S/C16H25N3O3/c20-14-3-5-17(6-4-14)13-16(21)19-9-7-18(8-10-19)12-15-2-1-11-22-15/h1-2,11,14,20H,3-10,12-13H2. The Morgan fingerprint density at radius 2 is 1.86 bits per heavy atom. The second-order valence-electron chi connectivity index (χ2n) is 6.24. The van der Waals surface area contributed by atoms with E-state index in [9.17, 15) is 9.90 Å². The Balaban J connectivity index is 1.40. The van der Waals surface area contributed by atoms with Crippen LogP contribution in [0.25, 0.3) is 0 Å². The van der Waals surface area contributed by atoms with Crippen molar-refractivity contribution < 1.29 is 14.3 Å². The van der Waals surface area contributed by atoms with Crippen molar-refractivity contribution in [1.82, 2.24) is 14.7 Å². The first-order valence-corrected chi connectivity index (χ1v) is 8.13. The molecule has 0 saturated carbocycles. The molecule has 2 saturated heterocycles. The molecule has 3 rings (SSSR count). The molecule has 1 amide bonds. The van der Waals surface area contributed by atoms with Gasteiger partial charge in [0.25, 0.3) is 0 Å². The number of hydrogen-bond acceptors (Lipinski definition) is 5. The van der Waals surface area contributed by atoms with E-state index in [0.29, 0.717) is 6.54 Å². The van der Waals surface area contributed by atoms with Gasteiger partial charge in [-0.1, -0.05) is 0 Å². The molecule has 6 nitrogen and oxygen atoms in total. The van der Waals surface area contributed by atoms with Crippen LogP contribution in [0.5, 0.6) is 0 Å². The predicted molar refractivity (Wildman–Crippen MR) is 82.2 cm³/mol. The normalized spacial score (nSPS) is 22.1. The van der Waals surface area contributed by atoms with E-state index in [2.05, 4.69) is 9.80 Å². The minimum absolute atomic E-state index is 0.184. The van der Waals surface area contributed by atoms with Crippen molar-refractivity contribution in [1.29, 1.82) is 0 Å². The third kappa shape index (κ3) is 4.09. The number of amides is 1. The maximum Gasteiger partial charge on any atom is 0.236 e. The van der Waals surface area contributed by atoms with Gasteiger partial charge in [0.15, 0.2) is 0 Å². The molecule has 0 atom stereocenters. The first-order valence-electron chi connectivity index (χ1n) is 8.13. The highest BCUT2D eigenvalue weighted by molar-refractivity contribution is 5.78. The maximum absolute atomic E-state index is 12.4. The molecule has 3 heterocycles. The molecule has 0 bridgehead atoms. The highest BCUT2D eigenvalue weighted by Crippen LogP contribution is 2.12. The SMILES string of the molecule is O=C(CN1CCC(O)CC1)N1CCN(Cc2ccco2)CC1. The summed E-state index contributed by atoms with van der Waals surface area (Å²) in [6.07, 6.45) is 3.08. The first kappa shape index (κ1) is 15.5. The van der Waals surface area contributed by atoms with Gasteiger partial charge in [-0.15, -0.1) is 0 Å². The quantitative estimate of drug-likeness (QED) is 0.871. The summed E-state index contributed by atoms with van der Waals surface area (Å²) in [5.74, 6) is 1.20. The first-order chi connectivity index (χ1) is 10.7. The van der Waals surface area contributed by atoms with E-state index in [1.54, 1.807) is 6.26 Å². The van der Waals surface area contributed by atoms with Crippen molar-refractivity contribution in [2.24, 2.45) is 0 Å². The number of aliphatic hydroxyl groups is 1. The summed E-state index contributed by atoms with van der Waals surface area (Å²) >= 11 is 0. The molecule has 6 heteroatoms. The zero-order chi connectivity index (χ0) is 15.4. The molecule has 0 radical (unpaired) electrons. The van der Waals surface area contributed by atoms with Crippen LogP contribution in [-0.4, -0.2) is 77.6 Å². The van der Waals surface area contributed by atoms with Crippen molar-refractivity contribution in [3.8, 4) is 0 Å². The minimum atomic E-state index is -0.184. The van der Waals surface area contributed by atoms with Crippen LogP contribution in [0, 0.1) is 0 Å². The van der Waals surface area contributed by atoms with Crippen molar-refractivity contribution in [2.45, 2.75) is 25.5 Å². The molecule has 0 spiro atoms. The van der Waals surface area contributed by atoms with Gasteiger partial charge in [0, 0.05) is 39.3 Å². The van der Waals surface area contributed by atoms with Crippen LogP contribution in [0.3, 0.4) is 0 Å². The molecule has 1 aromatic heterocycles. The lowest BCUT2D eigenvalue weighted by Gasteiger charge is -2.36. The fraction of sp³-hybridized carbons (Fsp3) is 0.688. The Morgan fingerprint density at radius 1 is 1.14 bits per heavy atom. The number of aliphatic hydroxyl groups excluding tert-OH is 1. The van der Waals surface area contributed by atoms with Gasteiger partial charge < -0.3 is 14.4 Å². The van der Waals surface area contributed by atoms with Gasteiger partial charge in [-0.25, -0.2) is 0 Å². The third-order valence-electron chi connectivity index (χ3n) is 4.60. The van der Waals surface area contributed by atoms with E-state index in [0.717, 1.165) is 64.4 Å². The van der Waals surface area contributed by atoms with Crippen molar-refractivity contribution >= 4 is 5.91 Å². The van der Waals surface area contributed by atoms with Gasteiger partial charge in [0.1, 0.15) is 5.76 Å². The lowest BCUT2D eigenvalue weighted by Crippen LogP contribution is -2.51. The highest BCUT2D eigenvalue weighted by Gasteiger charge is 2.25. The monoisotopic (exact) mass is 307 g/mol. The third-order valence-corrected chi connectivity index (χ3v) is 4.60. The summed E-state index contributed by atoms with van der Waals surface area (Å²) in [6, 6.07) is 3.90. The molecular formula is C16H25N3O3.